The lowest BCUT2D eigenvalue weighted by Gasteiger charge is -2.21. The van der Waals surface area contributed by atoms with Crippen molar-refractivity contribution in [1.29, 1.82) is 0 Å². The summed E-state index contributed by atoms with van der Waals surface area (Å²) in [6, 6.07) is 0. The van der Waals surface area contributed by atoms with Crippen LogP contribution in [0.2, 0.25) is 0 Å². The van der Waals surface area contributed by atoms with Gasteiger partial charge in [-0.05, 0) is 97.8 Å². The predicted molar refractivity (Wildman–Crippen MR) is 229 cm³/mol. The highest BCUT2D eigenvalue weighted by Crippen LogP contribution is 2.20. The van der Waals surface area contributed by atoms with Crippen LogP contribution in [0.1, 0.15) is 189 Å². The van der Waals surface area contributed by atoms with E-state index in [-0.39, 0.29) is 24.7 Å². The van der Waals surface area contributed by atoms with E-state index in [4.69, 9.17) is 14.2 Å². The van der Waals surface area contributed by atoms with E-state index in [1.54, 1.807) is 4.90 Å². The van der Waals surface area contributed by atoms with Crippen LogP contribution >= 0.6 is 0 Å². The van der Waals surface area contributed by atoms with Gasteiger partial charge in [0.25, 0.3) is 5.91 Å². The Morgan fingerprint density at radius 1 is 0.556 bits per heavy atom. The number of hydrogen-bond acceptors (Lipinski definition) is 5. The Labute approximate surface area is 333 Å². The highest BCUT2D eigenvalue weighted by Gasteiger charge is 2.37. The molecule has 7 heteroatoms. The number of likely N-dealkylation sites (tertiary alicyclic amines) is 1. The van der Waals surface area contributed by atoms with Crippen molar-refractivity contribution in [3.05, 3.63) is 48.6 Å². The molecule has 2 atom stereocenters. The van der Waals surface area contributed by atoms with E-state index in [0.29, 0.717) is 26.3 Å². The van der Waals surface area contributed by atoms with Crippen molar-refractivity contribution in [2.45, 2.75) is 206 Å². The smallest absolute Gasteiger partial charge is 0.408 e. The zero-order valence-corrected chi connectivity index (χ0v) is 35.8. The second-order valence-corrected chi connectivity index (χ2v) is 16.2. The SMILES string of the molecule is CCCCC/C=C\C/C=C\CCCCCCCCO[C@@H]1CN(C(=O)COC(=O)NC(C)(C)C)C[C@H]1OCCCCCCCC/C=C\C/C=C\CCCCC. The van der Waals surface area contributed by atoms with Gasteiger partial charge in [0.15, 0.2) is 6.61 Å². The third-order valence-corrected chi connectivity index (χ3v) is 9.73. The van der Waals surface area contributed by atoms with Crippen LogP contribution < -0.4 is 5.32 Å². The number of carbonyl (C=O) groups is 2. The van der Waals surface area contributed by atoms with Gasteiger partial charge < -0.3 is 24.4 Å². The Bertz CT molecular complexity index is 956. The van der Waals surface area contributed by atoms with Crippen molar-refractivity contribution in [3.8, 4) is 0 Å². The third kappa shape index (κ3) is 30.9. The molecule has 54 heavy (non-hydrogen) atoms. The quantitative estimate of drug-likeness (QED) is 0.0522. The van der Waals surface area contributed by atoms with Gasteiger partial charge in [-0.2, -0.15) is 0 Å². The standard InChI is InChI=1S/C47H84N2O5/c1-6-8-10-12-14-16-18-20-22-24-26-28-30-32-34-36-38-52-43-40-49(45(50)42-54-46(51)48-47(3,4)5)41-44(43)53-39-37-35-33-31-29-27-25-23-21-19-17-15-13-11-9-7-2/h14-17,20-23,43-44H,6-13,18-19,24-42H2,1-5H3,(H,48,51)/b16-14-,17-15-,22-20-,23-21-/t43-,44-/m1/s1. The summed E-state index contributed by atoms with van der Waals surface area (Å²) in [6.07, 6.45) is 46.8. The van der Waals surface area contributed by atoms with E-state index in [9.17, 15) is 9.59 Å². The fourth-order valence-electron chi connectivity index (χ4n) is 6.48. The van der Waals surface area contributed by atoms with Crippen molar-refractivity contribution < 1.29 is 23.8 Å². The van der Waals surface area contributed by atoms with Gasteiger partial charge in [-0.15, -0.1) is 0 Å². The van der Waals surface area contributed by atoms with Gasteiger partial charge in [-0.1, -0.05) is 140 Å². The Hall–Kier alpha value is -2.38. The lowest BCUT2D eigenvalue weighted by molar-refractivity contribution is -0.134. The van der Waals surface area contributed by atoms with Crippen LogP contribution in [0.4, 0.5) is 4.79 Å². The molecule has 1 heterocycles. The molecule has 1 saturated heterocycles. The molecule has 0 spiro atoms. The topological polar surface area (TPSA) is 77.1 Å². The van der Waals surface area contributed by atoms with E-state index >= 15 is 0 Å². The molecule has 1 N–H and O–H groups in total. The molecule has 1 aliphatic rings. The summed E-state index contributed by atoms with van der Waals surface area (Å²) in [5, 5.41) is 2.74. The van der Waals surface area contributed by atoms with Gasteiger partial charge in [-0.3, -0.25) is 4.79 Å². The highest BCUT2D eigenvalue weighted by atomic mass is 16.6. The van der Waals surface area contributed by atoms with Gasteiger partial charge in [0.2, 0.25) is 0 Å². The van der Waals surface area contributed by atoms with Crippen LogP contribution in [0.5, 0.6) is 0 Å². The van der Waals surface area contributed by atoms with Gasteiger partial charge in [0.05, 0.1) is 0 Å². The fourth-order valence-corrected chi connectivity index (χ4v) is 6.48. The maximum absolute atomic E-state index is 13.0. The lowest BCUT2D eigenvalue weighted by Crippen LogP contribution is -2.42. The lowest BCUT2D eigenvalue weighted by atomic mass is 10.1. The number of carbonyl (C=O) groups excluding carboxylic acids is 2. The summed E-state index contributed by atoms with van der Waals surface area (Å²) in [4.78, 5) is 26.8. The molecule has 0 aromatic carbocycles. The number of unbranched alkanes of at least 4 members (excludes halogenated alkanes) is 18. The van der Waals surface area contributed by atoms with Crippen LogP contribution in [0, 0.1) is 0 Å². The summed E-state index contributed by atoms with van der Waals surface area (Å²) >= 11 is 0. The molecule has 312 valence electrons. The summed E-state index contributed by atoms with van der Waals surface area (Å²) in [6.45, 7) is 12.2. The van der Waals surface area contributed by atoms with Crippen molar-refractivity contribution in [3.63, 3.8) is 0 Å². The van der Waals surface area contributed by atoms with Crippen LogP contribution in [-0.4, -0.2) is 67.6 Å². The Morgan fingerprint density at radius 2 is 0.926 bits per heavy atom. The highest BCUT2D eigenvalue weighted by molar-refractivity contribution is 5.80. The molecule has 0 aromatic heterocycles. The second-order valence-electron chi connectivity index (χ2n) is 16.2. The predicted octanol–water partition coefficient (Wildman–Crippen LogP) is 12.8. The van der Waals surface area contributed by atoms with Crippen LogP contribution in [0.3, 0.4) is 0 Å². The maximum atomic E-state index is 13.0. The van der Waals surface area contributed by atoms with E-state index in [2.05, 4.69) is 67.8 Å². The van der Waals surface area contributed by atoms with Crippen molar-refractivity contribution >= 4 is 12.0 Å². The molecule has 1 rings (SSSR count). The first-order valence-electron chi connectivity index (χ1n) is 22.3. The zero-order chi connectivity index (χ0) is 39.4. The molecular formula is C47H84N2O5. The third-order valence-electron chi connectivity index (χ3n) is 9.73. The van der Waals surface area contributed by atoms with Crippen LogP contribution in [-0.2, 0) is 19.0 Å². The number of alkyl carbamates (subject to hydrolysis) is 1. The van der Waals surface area contributed by atoms with Gasteiger partial charge >= 0.3 is 6.09 Å². The van der Waals surface area contributed by atoms with Crippen molar-refractivity contribution in [2.75, 3.05) is 32.9 Å². The molecule has 0 aliphatic carbocycles. The molecule has 0 radical (unpaired) electrons. The Balaban J connectivity index is 2.29. The number of nitrogens with one attached hydrogen (secondary N) is 1. The van der Waals surface area contributed by atoms with E-state index in [1.807, 2.05) is 20.8 Å². The summed E-state index contributed by atoms with van der Waals surface area (Å²) in [5.74, 6) is -0.207. The number of allylic oxidation sites excluding steroid dienone is 8. The minimum Gasteiger partial charge on any atom is -0.439 e. The molecule has 0 aromatic rings. The van der Waals surface area contributed by atoms with Gasteiger partial charge in [0, 0.05) is 31.8 Å². The average Bonchev–Trinajstić information content (AvgIpc) is 3.55. The minimum atomic E-state index is -0.578. The van der Waals surface area contributed by atoms with Crippen molar-refractivity contribution in [1.82, 2.24) is 10.2 Å². The first-order valence-corrected chi connectivity index (χ1v) is 22.3. The molecule has 1 fully saturated rings. The normalized spacial score (nSPS) is 16.6. The van der Waals surface area contributed by atoms with Crippen LogP contribution in [0.15, 0.2) is 48.6 Å². The fraction of sp³-hybridized carbons (Fsp3) is 0.787. The molecule has 1 aliphatic heterocycles. The first-order chi connectivity index (χ1) is 26.3. The van der Waals surface area contributed by atoms with Crippen LogP contribution in [0.25, 0.3) is 0 Å². The number of hydrogen-bond donors (Lipinski definition) is 1. The number of amides is 2. The Kier molecular flexibility index (Phi) is 32.2. The van der Waals surface area contributed by atoms with E-state index in [0.717, 1.165) is 38.5 Å². The summed E-state index contributed by atoms with van der Waals surface area (Å²) in [5.41, 5.74) is -0.421. The summed E-state index contributed by atoms with van der Waals surface area (Å²) in [7, 11) is 0. The largest absolute Gasteiger partial charge is 0.439 e. The maximum Gasteiger partial charge on any atom is 0.408 e. The molecule has 0 bridgehead atoms. The van der Waals surface area contributed by atoms with Gasteiger partial charge in [-0.25, -0.2) is 4.79 Å². The molecule has 0 unspecified atom stereocenters. The molecule has 7 nitrogen and oxygen atoms in total. The first kappa shape index (κ1) is 49.6. The van der Waals surface area contributed by atoms with Gasteiger partial charge in [0.1, 0.15) is 12.2 Å². The summed E-state index contributed by atoms with van der Waals surface area (Å²) < 4.78 is 17.9. The molecular weight excluding hydrogens is 673 g/mol. The monoisotopic (exact) mass is 757 g/mol. The van der Waals surface area contributed by atoms with E-state index in [1.165, 1.54) is 116 Å². The van der Waals surface area contributed by atoms with E-state index < -0.39 is 11.6 Å². The average molecular weight is 757 g/mol. The zero-order valence-electron chi connectivity index (χ0n) is 35.8. The minimum absolute atomic E-state index is 0.153. The second kappa shape index (κ2) is 35.1. The van der Waals surface area contributed by atoms with Crippen molar-refractivity contribution in [2.24, 2.45) is 0 Å². The Morgan fingerprint density at radius 3 is 1.31 bits per heavy atom. The number of rotatable bonds is 34. The molecule has 0 saturated carbocycles. The molecule has 2 amide bonds. The number of ether oxygens (including phenoxy) is 3. The number of nitrogens with zero attached hydrogens (tertiary/aromatic N) is 1.